The Labute approximate surface area is 160 Å². The Morgan fingerprint density at radius 1 is 0.360 bits per heavy atom. The average Bonchev–Trinajstić information content (AvgIpc) is 1.97. The van der Waals surface area contributed by atoms with E-state index in [1.807, 2.05) is 78.6 Å². The van der Waals surface area contributed by atoms with E-state index in [0.717, 1.165) is 0 Å². The lowest BCUT2D eigenvalue weighted by Crippen LogP contribution is -2.67. The molecule has 7 nitrogen and oxygen atoms in total. The van der Waals surface area contributed by atoms with E-state index in [0.29, 0.717) is 0 Å². The minimum absolute atomic E-state index is 1.93. The van der Waals surface area contributed by atoms with Crippen LogP contribution in [0.1, 0.15) is 0 Å². The van der Waals surface area contributed by atoms with Gasteiger partial charge in [0.15, 0.2) is 33.3 Å². The second-order valence-corrected chi connectivity index (χ2v) is 33.1. The molecule has 0 aliphatic heterocycles. The first-order chi connectivity index (χ1) is 10.5. The van der Waals surface area contributed by atoms with Crippen molar-refractivity contribution < 1.29 is 30.2 Å². The molecule has 2 N–H and O–H groups in total. The molecule has 0 atom stereocenters. The fourth-order valence-electron chi connectivity index (χ4n) is 1.84. The standard InChI is InChI=1S/C12H38O7Si6/c1-20(2,3)15-24(13,16-21(4,5)6)19-25(14,17-22(7,8)9)18-23(10,11)12/h13-14H,1-12H3. The van der Waals surface area contributed by atoms with E-state index < -0.39 is 51.4 Å². The molecule has 0 heterocycles. The lowest BCUT2D eigenvalue weighted by Gasteiger charge is -2.40. The molecule has 0 bridgehead atoms. The van der Waals surface area contributed by atoms with Crippen LogP contribution in [-0.2, 0) is 20.6 Å². The van der Waals surface area contributed by atoms with E-state index >= 15 is 0 Å². The molecule has 0 aromatic carbocycles. The van der Waals surface area contributed by atoms with E-state index in [1.54, 1.807) is 0 Å². The molecule has 152 valence electrons. The molecule has 0 aliphatic carbocycles. The monoisotopic (exact) mass is 462 g/mol. The minimum atomic E-state index is -4.13. The van der Waals surface area contributed by atoms with E-state index in [9.17, 15) is 9.59 Å². The number of hydrogen-bond acceptors (Lipinski definition) is 7. The van der Waals surface area contributed by atoms with Gasteiger partial charge in [-0.2, -0.15) is 0 Å². The second-order valence-electron chi connectivity index (χ2n) is 10.0. The summed E-state index contributed by atoms with van der Waals surface area (Å²) < 4.78 is 29.3. The largest absolute Gasteiger partial charge is 0.649 e. The molecule has 0 rings (SSSR count). The predicted molar refractivity (Wildman–Crippen MR) is 115 cm³/mol. The van der Waals surface area contributed by atoms with Crippen molar-refractivity contribution in [1.29, 1.82) is 0 Å². The van der Waals surface area contributed by atoms with Gasteiger partial charge in [0, 0.05) is 0 Å². The van der Waals surface area contributed by atoms with Gasteiger partial charge in [0.1, 0.15) is 0 Å². The first-order valence-corrected chi connectivity index (χ1v) is 25.5. The molecule has 0 radical (unpaired) electrons. The van der Waals surface area contributed by atoms with Crippen molar-refractivity contribution in [3.63, 3.8) is 0 Å². The second kappa shape index (κ2) is 8.18. The summed E-state index contributed by atoms with van der Waals surface area (Å²) in [7, 11) is -17.1. The summed E-state index contributed by atoms with van der Waals surface area (Å²) in [5, 5.41) is 0. The van der Waals surface area contributed by atoms with Crippen LogP contribution in [0.3, 0.4) is 0 Å². The van der Waals surface area contributed by atoms with Gasteiger partial charge in [-0.05, 0) is 78.6 Å². The van der Waals surface area contributed by atoms with Crippen molar-refractivity contribution in [2.45, 2.75) is 78.6 Å². The first kappa shape index (κ1) is 26.0. The predicted octanol–water partition coefficient (Wildman–Crippen LogP) is 3.26. The zero-order valence-electron chi connectivity index (χ0n) is 17.9. The Kier molecular flexibility index (Phi) is 8.51. The maximum absolute atomic E-state index is 11.1. The van der Waals surface area contributed by atoms with Gasteiger partial charge >= 0.3 is 18.1 Å². The lowest BCUT2D eigenvalue weighted by atomic mass is 11.8. The summed E-state index contributed by atoms with van der Waals surface area (Å²) in [6, 6.07) is 0. The van der Waals surface area contributed by atoms with Gasteiger partial charge in [-0.3, -0.25) is 0 Å². The molecule has 0 aromatic heterocycles. The van der Waals surface area contributed by atoms with Crippen LogP contribution in [0.2, 0.25) is 78.6 Å². The van der Waals surface area contributed by atoms with Crippen LogP contribution in [0.5, 0.6) is 0 Å². The van der Waals surface area contributed by atoms with Crippen LogP contribution < -0.4 is 0 Å². The average molecular weight is 463 g/mol. The van der Waals surface area contributed by atoms with Gasteiger partial charge in [0.05, 0.1) is 0 Å². The first-order valence-electron chi connectivity index (χ1n) is 8.49. The topological polar surface area (TPSA) is 86.6 Å². The van der Waals surface area contributed by atoms with E-state index in [-0.39, 0.29) is 0 Å². The third-order valence-corrected chi connectivity index (χ3v) is 18.0. The highest BCUT2D eigenvalue weighted by Gasteiger charge is 2.60. The number of hydrogen-bond donors (Lipinski definition) is 2. The molecular weight excluding hydrogens is 425 g/mol. The molecule has 0 saturated carbocycles. The summed E-state index contributed by atoms with van der Waals surface area (Å²) in [6.07, 6.45) is 0. The summed E-state index contributed by atoms with van der Waals surface area (Å²) in [6.45, 7) is 23.2. The summed E-state index contributed by atoms with van der Waals surface area (Å²) in [5.41, 5.74) is 0. The zero-order chi connectivity index (χ0) is 20.5. The van der Waals surface area contributed by atoms with Gasteiger partial charge in [-0.25, -0.2) is 0 Å². The Hall–Kier alpha value is 1.02. The highest BCUT2D eigenvalue weighted by atomic mass is 28.6. The van der Waals surface area contributed by atoms with Gasteiger partial charge < -0.3 is 30.2 Å². The van der Waals surface area contributed by atoms with Crippen molar-refractivity contribution in [3.8, 4) is 0 Å². The minimum Gasteiger partial charge on any atom is -0.395 e. The van der Waals surface area contributed by atoms with Crippen LogP contribution >= 0.6 is 0 Å². The SMILES string of the molecule is C[Si](C)(C)O[Si](O)(O[Si](C)(C)C)O[Si](O)(O[Si](C)(C)C)O[Si](C)(C)C. The molecular formula is C12H38O7Si6. The van der Waals surface area contributed by atoms with Crippen LogP contribution in [0.25, 0.3) is 0 Å². The molecule has 0 aliphatic rings. The van der Waals surface area contributed by atoms with Crippen LogP contribution in [0, 0.1) is 0 Å². The normalized spacial score (nSPS) is 15.6. The fraction of sp³-hybridized carbons (Fsp3) is 1.00. The number of rotatable bonds is 10. The van der Waals surface area contributed by atoms with Crippen LogP contribution in [0.15, 0.2) is 0 Å². The molecule has 0 saturated heterocycles. The smallest absolute Gasteiger partial charge is 0.395 e. The molecule has 0 fully saturated rings. The Morgan fingerprint density at radius 2 is 0.520 bits per heavy atom. The van der Waals surface area contributed by atoms with Gasteiger partial charge in [0.2, 0.25) is 0 Å². The maximum atomic E-state index is 11.1. The summed E-state index contributed by atoms with van der Waals surface area (Å²) in [5.74, 6) is 0. The highest BCUT2D eigenvalue weighted by Crippen LogP contribution is 2.27. The Morgan fingerprint density at radius 3 is 0.640 bits per heavy atom. The van der Waals surface area contributed by atoms with E-state index in [2.05, 4.69) is 0 Å². The maximum Gasteiger partial charge on any atom is 0.649 e. The summed E-state index contributed by atoms with van der Waals surface area (Å²) in [4.78, 5) is 22.2. The van der Waals surface area contributed by atoms with Gasteiger partial charge in [-0.15, -0.1) is 0 Å². The molecule has 25 heavy (non-hydrogen) atoms. The highest BCUT2D eigenvalue weighted by molar-refractivity contribution is 6.89. The van der Waals surface area contributed by atoms with Crippen molar-refractivity contribution in [2.75, 3.05) is 0 Å². The molecule has 13 heteroatoms. The Bertz CT molecular complexity index is 363. The molecule has 0 amide bonds. The molecule has 0 unspecified atom stereocenters. The lowest BCUT2D eigenvalue weighted by molar-refractivity contribution is 0.0581. The van der Waals surface area contributed by atoms with E-state index in [4.69, 9.17) is 20.6 Å². The van der Waals surface area contributed by atoms with Crippen molar-refractivity contribution in [2.24, 2.45) is 0 Å². The van der Waals surface area contributed by atoms with Gasteiger partial charge in [0.25, 0.3) is 0 Å². The third-order valence-electron chi connectivity index (χ3n) is 2.00. The van der Waals surface area contributed by atoms with Crippen LogP contribution in [0.4, 0.5) is 0 Å². The van der Waals surface area contributed by atoms with Gasteiger partial charge in [-0.1, -0.05) is 0 Å². The van der Waals surface area contributed by atoms with Crippen molar-refractivity contribution in [1.82, 2.24) is 0 Å². The molecule has 0 aromatic rings. The summed E-state index contributed by atoms with van der Waals surface area (Å²) >= 11 is 0. The molecule has 0 spiro atoms. The fourth-order valence-corrected chi connectivity index (χ4v) is 18.8. The zero-order valence-corrected chi connectivity index (χ0v) is 23.9. The van der Waals surface area contributed by atoms with E-state index in [1.165, 1.54) is 0 Å². The van der Waals surface area contributed by atoms with Crippen molar-refractivity contribution >= 4 is 51.4 Å². The third kappa shape index (κ3) is 13.8. The Balaban J connectivity index is 5.79. The van der Waals surface area contributed by atoms with Crippen molar-refractivity contribution in [3.05, 3.63) is 0 Å². The van der Waals surface area contributed by atoms with Crippen LogP contribution in [-0.4, -0.2) is 61.0 Å². The quantitative estimate of drug-likeness (QED) is 0.482.